The van der Waals surface area contributed by atoms with Crippen LogP contribution in [0.1, 0.15) is 69.9 Å². The van der Waals surface area contributed by atoms with Gasteiger partial charge in [0.25, 0.3) is 0 Å². The van der Waals surface area contributed by atoms with Gasteiger partial charge in [-0.15, -0.1) is 0 Å². The van der Waals surface area contributed by atoms with Gasteiger partial charge in [0.2, 0.25) is 5.79 Å². The molecule has 1 aliphatic heterocycles. The van der Waals surface area contributed by atoms with E-state index in [2.05, 4.69) is 11.8 Å². The Hall–Kier alpha value is -2.90. The predicted molar refractivity (Wildman–Crippen MR) is 111 cm³/mol. The van der Waals surface area contributed by atoms with Crippen LogP contribution < -0.4 is 0 Å². The van der Waals surface area contributed by atoms with Crippen LogP contribution in [0.25, 0.3) is 0 Å². The molecule has 0 bridgehead atoms. The lowest BCUT2D eigenvalue weighted by Crippen LogP contribution is -2.40. The molecule has 1 atom stereocenters. The van der Waals surface area contributed by atoms with Crippen LogP contribution in [0.2, 0.25) is 0 Å². The molecule has 32 heavy (non-hydrogen) atoms. The SMILES string of the molecule is CC1(C)OC(=O)C=C(CC(O)(C#Cc2cc(F)c(C3(C#N)CC3)c(F)c2)C2CCCC2)O1. The average molecular weight is 441 g/mol. The molecule has 3 aliphatic rings. The van der Waals surface area contributed by atoms with Gasteiger partial charge >= 0.3 is 5.97 Å². The monoisotopic (exact) mass is 441 g/mol. The number of aliphatic hydroxyl groups is 1. The summed E-state index contributed by atoms with van der Waals surface area (Å²) in [7, 11) is 0. The molecule has 1 heterocycles. The largest absolute Gasteiger partial charge is 0.457 e. The number of carbonyl (C=O) groups is 1. The highest BCUT2D eigenvalue weighted by atomic mass is 19.1. The van der Waals surface area contributed by atoms with E-state index < -0.39 is 34.4 Å². The van der Waals surface area contributed by atoms with Crippen LogP contribution in [0.15, 0.2) is 24.0 Å². The molecular weight excluding hydrogens is 416 g/mol. The van der Waals surface area contributed by atoms with Crippen LogP contribution in [0.4, 0.5) is 8.78 Å². The number of halogens is 2. The third-order valence-electron chi connectivity index (χ3n) is 6.38. The van der Waals surface area contributed by atoms with Gasteiger partial charge in [-0.25, -0.2) is 13.6 Å². The van der Waals surface area contributed by atoms with Crippen molar-refractivity contribution in [3.05, 3.63) is 46.7 Å². The van der Waals surface area contributed by atoms with Crippen molar-refractivity contribution in [3.63, 3.8) is 0 Å². The number of hydrogen-bond acceptors (Lipinski definition) is 5. The Morgan fingerprint density at radius 1 is 1.19 bits per heavy atom. The van der Waals surface area contributed by atoms with Crippen LogP contribution in [0.3, 0.4) is 0 Å². The normalized spacial score (nSPS) is 23.0. The molecule has 1 aromatic carbocycles. The van der Waals surface area contributed by atoms with Crippen molar-refractivity contribution in [1.82, 2.24) is 0 Å². The summed E-state index contributed by atoms with van der Waals surface area (Å²) in [5.74, 6) is 2.30. The highest BCUT2D eigenvalue weighted by Gasteiger charge is 2.49. The van der Waals surface area contributed by atoms with Crippen LogP contribution in [-0.2, 0) is 19.7 Å². The Labute approximate surface area is 186 Å². The topological polar surface area (TPSA) is 79.5 Å². The Morgan fingerprint density at radius 3 is 2.34 bits per heavy atom. The molecule has 0 aromatic heterocycles. The van der Waals surface area contributed by atoms with Gasteiger partial charge in [-0.3, -0.25) is 0 Å². The lowest BCUT2D eigenvalue weighted by atomic mass is 9.82. The number of ether oxygens (including phenoxy) is 2. The van der Waals surface area contributed by atoms with Crippen molar-refractivity contribution in [2.45, 2.75) is 75.6 Å². The minimum Gasteiger partial charge on any atom is -0.457 e. The van der Waals surface area contributed by atoms with E-state index in [4.69, 9.17) is 9.47 Å². The second kappa shape index (κ2) is 7.90. The molecule has 0 spiro atoms. The first-order chi connectivity index (χ1) is 15.1. The Bertz CT molecular complexity index is 1060. The minimum atomic E-state index is -1.54. The number of rotatable bonds is 4. The summed E-state index contributed by atoms with van der Waals surface area (Å²) in [6, 6.07) is 4.22. The molecule has 7 heteroatoms. The van der Waals surface area contributed by atoms with E-state index >= 15 is 0 Å². The van der Waals surface area contributed by atoms with E-state index in [9.17, 15) is 23.9 Å². The molecule has 0 amide bonds. The van der Waals surface area contributed by atoms with Gasteiger partial charge in [-0.05, 0) is 43.7 Å². The summed E-state index contributed by atoms with van der Waals surface area (Å²) in [6.07, 6.45) is 5.39. The molecular formula is C25H25F2NO4. The summed E-state index contributed by atoms with van der Waals surface area (Å²) < 4.78 is 40.1. The standard InChI is InChI=1S/C25H25F2NO4/c1-23(2)31-18(13-21(29)32-23)14-25(30,17-5-3-4-6-17)8-7-16-11-19(26)22(20(27)12-16)24(15-28)9-10-24/h11-13,17,30H,3-6,9-10,14H2,1-2H3. The second-order valence-electron chi connectivity index (χ2n) is 9.37. The zero-order valence-corrected chi connectivity index (χ0v) is 18.1. The molecule has 2 aliphatic carbocycles. The zero-order chi connectivity index (χ0) is 23.1. The fourth-order valence-corrected chi connectivity index (χ4v) is 4.64. The summed E-state index contributed by atoms with van der Waals surface area (Å²) in [4.78, 5) is 11.9. The number of nitrogens with zero attached hydrogens (tertiary/aromatic N) is 1. The van der Waals surface area contributed by atoms with Gasteiger partial charge in [0.1, 0.15) is 23.0 Å². The van der Waals surface area contributed by atoms with Crippen LogP contribution in [0, 0.1) is 40.7 Å². The van der Waals surface area contributed by atoms with E-state index in [1.54, 1.807) is 13.8 Å². The third-order valence-corrected chi connectivity index (χ3v) is 6.38. The first kappa shape index (κ1) is 22.3. The van der Waals surface area contributed by atoms with Gasteiger partial charge in [0.05, 0.1) is 17.6 Å². The first-order valence-corrected chi connectivity index (χ1v) is 10.8. The van der Waals surface area contributed by atoms with Gasteiger partial charge in [0, 0.05) is 31.4 Å². The molecule has 2 fully saturated rings. The minimum absolute atomic E-state index is 0.0379. The van der Waals surface area contributed by atoms with E-state index in [1.807, 2.05) is 6.07 Å². The Kier molecular flexibility index (Phi) is 5.51. The number of esters is 1. The van der Waals surface area contributed by atoms with E-state index in [0.29, 0.717) is 12.8 Å². The van der Waals surface area contributed by atoms with Crippen molar-refractivity contribution in [1.29, 1.82) is 5.26 Å². The highest BCUT2D eigenvalue weighted by molar-refractivity contribution is 5.83. The van der Waals surface area contributed by atoms with Crippen molar-refractivity contribution in [2.75, 3.05) is 0 Å². The van der Waals surface area contributed by atoms with E-state index in [0.717, 1.165) is 37.8 Å². The summed E-state index contributed by atoms with van der Waals surface area (Å²) in [5, 5.41) is 20.8. The molecule has 5 nitrogen and oxygen atoms in total. The smallest absolute Gasteiger partial charge is 0.337 e. The summed E-state index contributed by atoms with van der Waals surface area (Å²) in [5.41, 5.74) is -2.76. The Morgan fingerprint density at radius 2 is 1.81 bits per heavy atom. The van der Waals surface area contributed by atoms with Crippen molar-refractivity contribution >= 4 is 5.97 Å². The maximum absolute atomic E-state index is 14.7. The molecule has 0 radical (unpaired) electrons. The maximum atomic E-state index is 14.7. The molecule has 168 valence electrons. The molecule has 0 saturated heterocycles. The Balaban J connectivity index is 1.65. The molecule has 4 rings (SSSR count). The van der Waals surface area contributed by atoms with Gasteiger partial charge in [-0.2, -0.15) is 5.26 Å². The van der Waals surface area contributed by atoms with Crippen LogP contribution in [0.5, 0.6) is 0 Å². The van der Waals surface area contributed by atoms with Gasteiger partial charge < -0.3 is 14.6 Å². The van der Waals surface area contributed by atoms with Gasteiger partial charge in [-0.1, -0.05) is 24.7 Å². The van der Waals surface area contributed by atoms with Crippen molar-refractivity contribution in [2.24, 2.45) is 5.92 Å². The number of cyclic esters (lactones) is 1. The fourth-order valence-electron chi connectivity index (χ4n) is 4.64. The quantitative estimate of drug-likeness (QED) is 0.554. The maximum Gasteiger partial charge on any atom is 0.337 e. The molecule has 1 aromatic rings. The molecule has 2 saturated carbocycles. The van der Waals surface area contributed by atoms with Crippen LogP contribution in [-0.4, -0.2) is 22.5 Å². The lowest BCUT2D eigenvalue weighted by molar-refractivity contribution is -0.207. The number of carbonyl (C=O) groups excluding carboxylic acids is 1. The zero-order valence-electron chi connectivity index (χ0n) is 18.1. The van der Waals surface area contributed by atoms with Gasteiger partial charge in [0.15, 0.2) is 0 Å². The van der Waals surface area contributed by atoms with E-state index in [-0.39, 0.29) is 29.2 Å². The average Bonchev–Trinajstić information content (AvgIpc) is 3.25. The molecule has 1 unspecified atom stereocenters. The molecule has 1 N–H and O–H groups in total. The first-order valence-electron chi connectivity index (χ1n) is 10.8. The lowest BCUT2D eigenvalue weighted by Gasteiger charge is -2.35. The second-order valence-corrected chi connectivity index (χ2v) is 9.37. The fraction of sp³-hybridized carbons (Fsp3) is 0.520. The highest BCUT2D eigenvalue weighted by Crippen LogP contribution is 2.49. The van der Waals surface area contributed by atoms with Crippen molar-refractivity contribution in [3.8, 4) is 17.9 Å². The van der Waals surface area contributed by atoms with Crippen molar-refractivity contribution < 1.29 is 28.2 Å². The predicted octanol–water partition coefficient (Wildman–Crippen LogP) is 4.38. The number of benzene rings is 1. The third kappa shape index (κ3) is 4.36. The number of nitriles is 1. The summed E-state index contributed by atoms with van der Waals surface area (Å²) in [6.45, 7) is 3.19. The summed E-state index contributed by atoms with van der Waals surface area (Å²) >= 11 is 0. The number of hydrogen-bond donors (Lipinski definition) is 1. The van der Waals surface area contributed by atoms with Crippen LogP contribution >= 0.6 is 0 Å². The van der Waals surface area contributed by atoms with E-state index in [1.165, 1.54) is 6.08 Å².